The second-order valence-corrected chi connectivity index (χ2v) is 5.11. The average Bonchev–Trinajstić information content (AvgIpc) is 2.57. The summed E-state index contributed by atoms with van der Waals surface area (Å²) < 4.78 is 0. The van der Waals surface area contributed by atoms with Gasteiger partial charge in [-0.25, -0.2) is 5.43 Å². The van der Waals surface area contributed by atoms with E-state index < -0.39 is 0 Å². The van der Waals surface area contributed by atoms with Gasteiger partial charge in [-0.15, -0.1) is 12.4 Å². The first-order chi connectivity index (χ1) is 10.7. The van der Waals surface area contributed by atoms with Crippen LogP contribution in [0.4, 0.5) is 0 Å². The number of aryl methyl sites for hydroxylation is 1. The van der Waals surface area contributed by atoms with Crippen LogP contribution in [0, 0.1) is 6.92 Å². The first kappa shape index (κ1) is 16.8. The van der Waals surface area contributed by atoms with E-state index in [1.165, 1.54) is 27.1 Å². The summed E-state index contributed by atoms with van der Waals surface area (Å²) >= 11 is 0. The molecule has 0 saturated carbocycles. The third-order valence-corrected chi connectivity index (χ3v) is 3.86. The van der Waals surface area contributed by atoms with E-state index in [4.69, 9.17) is 5.73 Å². The zero-order chi connectivity index (χ0) is 15.5. The van der Waals surface area contributed by atoms with Crippen molar-refractivity contribution in [2.24, 2.45) is 15.8 Å². The molecule has 0 spiro atoms. The molecule has 3 aromatic carbocycles. The van der Waals surface area contributed by atoms with Gasteiger partial charge in [-0.1, -0.05) is 48.5 Å². The van der Waals surface area contributed by atoms with Crippen LogP contribution in [0.3, 0.4) is 0 Å². The summed E-state index contributed by atoms with van der Waals surface area (Å²) in [6.07, 6.45) is 1.81. The van der Waals surface area contributed by atoms with Crippen LogP contribution >= 0.6 is 12.4 Å². The molecular weight excluding hydrogens is 308 g/mol. The number of hydrazone groups is 1. The summed E-state index contributed by atoms with van der Waals surface area (Å²) in [6, 6.07) is 16.7. The third-order valence-electron chi connectivity index (χ3n) is 3.86. The van der Waals surface area contributed by atoms with Crippen molar-refractivity contribution in [2.75, 3.05) is 7.05 Å². The Kier molecular flexibility index (Phi) is 5.19. The molecule has 0 heterocycles. The van der Waals surface area contributed by atoms with Gasteiger partial charge in [0.2, 0.25) is 5.96 Å². The summed E-state index contributed by atoms with van der Waals surface area (Å²) in [5, 5.41) is 9.04. The van der Waals surface area contributed by atoms with E-state index >= 15 is 0 Å². The van der Waals surface area contributed by atoms with E-state index in [1.807, 2.05) is 18.3 Å². The standard InChI is InChI=1S/C18H18N4.ClH/c1-12-13-7-3-5-9-15(13)17(11-21-22-18(19)20-2)16-10-6-4-8-14(12)16;/h3-11H,1-2H3,(H3,19,20,22);1H/b21-11+;. The Bertz CT molecular complexity index is 843. The van der Waals surface area contributed by atoms with Crippen molar-refractivity contribution in [3.05, 3.63) is 59.7 Å². The molecular formula is C18H19ClN4. The Hall–Kier alpha value is -2.59. The number of aliphatic imine (C=N–C) groups is 1. The van der Waals surface area contributed by atoms with Crippen molar-refractivity contribution in [1.82, 2.24) is 5.43 Å². The minimum absolute atomic E-state index is 0. The van der Waals surface area contributed by atoms with E-state index in [0.29, 0.717) is 0 Å². The number of benzene rings is 3. The zero-order valence-corrected chi connectivity index (χ0v) is 13.9. The number of hydrogen-bond acceptors (Lipinski definition) is 2. The van der Waals surface area contributed by atoms with Crippen molar-refractivity contribution in [3.63, 3.8) is 0 Å². The second kappa shape index (κ2) is 7.11. The third kappa shape index (κ3) is 3.12. The molecule has 0 aliphatic carbocycles. The summed E-state index contributed by atoms with van der Waals surface area (Å²) in [4.78, 5) is 3.83. The maximum absolute atomic E-state index is 5.61. The van der Waals surface area contributed by atoms with Crippen LogP contribution in [-0.4, -0.2) is 19.2 Å². The number of fused-ring (bicyclic) bond motifs is 2. The zero-order valence-electron chi connectivity index (χ0n) is 13.1. The van der Waals surface area contributed by atoms with Crippen LogP contribution in [-0.2, 0) is 0 Å². The topological polar surface area (TPSA) is 62.8 Å². The van der Waals surface area contributed by atoms with Gasteiger partial charge in [0, 0.05) is 12.6 Å². The molecule has 3 rings (SSSR count). The van der Waals surface area contributed by atoms with Crippen molar-refractivity contribution in [2.45, 2.75) is 6.92 Å². The number of nitrogens with two attached hydrogens (primary N) is 1. The molecule has 0 aliphatic heterocycles. The highest BCUT2D eigenvalue weighted by atomic mass is 35.5. The van der Waals surface area contributed by atoms with Crippen molar-refractivity contribution in [3.8, 4) is 0 Å². The molecule has 0 atom stereocenters. The molecule has 0 unspecified atom stereocenters. The Balaban J connectivity index is 0.00000192. The molecule has 0 bridgehead atoms. The van der Waals surface area contributed by atoms with Gasteiger partial charge in [-0.2, -0.15) is 5.10 Å². The lowest BCUT2D eigenvalue weighted by Crippen LogP contribution is -2.26. The van der Waals surface area contributed by atoms with E-state index in [-0.39, 0.29) is 18.4 Å². The van der Waals surface area contributed by atoms with Gasteiger partial charge in [0.1, 0.15) is 0 Å². The van der Waals surface area contributed by atoms with E-state index in [0.717, 1.165) is 5.56 Å². The Morgan fingerprint density at radius 2 is 1.43 bits per heavy atom. The van der Waals surface area contributed by atoms with Gasteiger partial charge in [0.15, 0.2) is 0 Å². The van der Waals surface area contributed by atoms with Gasteiger partial charge in [-0.3, -0.25) is 4.99 Å². The number of guanidine groups is 1. The number of hydrogen-bond donors (Lipinski definition) is 2. The highest BCUT2D eigenvalue weighted by Crippen LogP contribution is 2.31. The fourth-order valence-corrected chi connectivity index (χ4v) is 2.73. The number of halogens is 1. The summed E-state index contributed by atoms with van der Waals surface area (Å²) in [7, 11) is 1.62. The Morgan fingerprint density at radius 3 is 1.91 bits per heavy atom. The number of nitrogens with one attached hydrogen (secondary N) is 1. The summed E-state index contributed by atoms with van der Waals surface area (Å²) in [5.74, 6) is 0.289. The smallest absolute Gasteiger partial charge is 0.209 e. The predicted octanol–water partition coefficient (Wildman–Crippen LogP) is 3.59. The van der Waals surface area contributed by atoms with Gasteiger partial charge in [0.25, 0.3) is 0 Å². The molecule has 0 radical (unpaired) electrons. The van der Waals surface area contributed by atoms with Crippen molar-refractivity contribution >= 4 is 46.1 Å². The van der Waals surface area contributed by atoms with Crippen molar-refractivity contribution in [1.29, 1.82) is 0 Å². The maximum Gasteiger partial charge on any atom is 0.209 e. The van der Waals surface area contributed by atoms with Gasteiger partial charge < -0.3 is 5.73 Å². The summed E-state index contributed by atoms with van der Waals surface area (Å²) in [6.45, 7) is 2.16. The van der Waals surface area contributed by atoms with E-state index in [9.17, 15) is 0 Å². The molecule has 0 fully saturated rings. The quantitative estimate of drug-likeness (QED) is 0.327. The largest absolute Gasteiger partial charge is 0.369 e. The molecule has 5 heteroatoms. The van der Waals surface area contributed by atoms with Crippen LogP contribution < -0.4 is 11.2 Å². The molecule has 3 aromatic rings. The first-order valence-corrected chi connectivity index (χ1v) is 7.13. The van der Waals surface area contributed by atoms with Crippen LogP contribution in [0.5, 0.6) is 0 Å². The lowest BCUT2D eigenvalue weighted by atomic mass is 9.93. The van der Waals surface area contributed by atoms with Gasteiger partial charge in [0.05, 0.1) is 6.21 Å². The highest BCUT2D eigenvalue weighted by Gasteiger charge is 2.09. The maximum atomic E-state index is 5.61. The Labute approximate surface area is 141 Å². The summed E-state index contributed by atoms with van der Waals surface area (Å²) in [5.41, 5.74) is 10.7. The van der Waals surface area contributed by atoms with Gasteiger partial charge in [-0.05, 0) is 34.0 Å². The SMILES string of the molecule is CN=C(N)N/N=C/c1c2ccccc2c(C)c2ccccc12.Cl. The molecule has 23 heavy (non-hydrogen) atoms. The fourth-order valence-electron chi connectivity index (χ4n) is 2.73. The fraction of sp³-hybridized carbons (Fsp3) is 0.111. The number of nitrogens with zero attached hydrogens (tertiary/aromatic N) is 2. The Morgan fingerprint density at radius 1 is 0.957 bits per heavy atom. The van der Waals surface area contributed by atoms with Crippen LogP contribution in [0.25, 0.3) is 21.5 Å². The lowest BCUT2D eigenvalue weighted by Gasteiger charge is -2.11. The van der Waals surface area contributed by atoms with E-state index in [1.54, 1.807) is 7.05 Å². The molecule has 0 aliphatic rings. The predicted molar refractivity (Wildman–Crippen MR) is 102 cm³/mol. The first-order valence-electron chi connectivity index (χ1n) is 7.13. The normalized spacial score (nSPS) is 11.8. The average molecular weight is 327 g/mol. The molecule has 4 nitrogen and oxygen atoms in total. The molecule has 118 valence electrons. The second-order valence-electron chi connectivity index (χ2n) is 5.11. The molecule has 0 aromatic heterocycles. The molecule has 0 saturated heterocycles. The van der Waals surface area contributed by atoms with Crippen molar-refractivity contribution < 1.29 is 0 Å². The van der Waals surface area contributed by atoms with Crippen LogP contribution in [0.2, 0.25) is 0 Å². The number of rotatable bonds is 2. The minimum Gasteiger partial charge on any atom is -0.369 e. The molecule has 3 N–H and O–H groups in total. The molecule has 0 amide bonds. The van der Waals surface area contributed by atoms with Crippen LogP contribution in [0.15, 0.2) is 58.6 Å². The van der Waals surface area contributed by atoms with Crippen LogP contribution in [0.1, 0.15) is 11.1 Å². The highest BCUT2D eigenvalue weighted by molar-refractivity contribution is 6.15. The van der Waals surface area contributed by atoms with E-state index in [2.05, 4.69) is 58.8 Å². The monoisotopic (exact) mass is 326 g/mol. The van der Waals surface area contributed by atoms with Gasteiger partial charge >= 0.3 is 0 Å². The lowest BCUT2D eigenvalue weighted by molar-refractivity contribution is 1.01. The minimum atomic E-state index is 0.